The topological polar surface area (TPSA) is 114 Å². The molecule has 0 spiro atoms. The number of rotatable bonds is 4. The molecule has 12 heteroatoms. The third-order valence-corrected chi connectivity index (χ3v) is 7.23. The molecule has 8 nitrogen and oxygen atoms in total. The van der Waals surface area contributed by atoms with E-state index in [0.717, 1.165) is 16.4 Å². The van der Waals surface area contributed by atoms with Crippen molar-refractivity contribution in [3.8, 4) is 0 Å². The first-order valence-corrected chi connectivity index (χ1v) is 10.7. The first-order chi connectivity index (χ1) is 13.5. The van der Waals surface area contributed by atoms with Crippen molar-refractivity contribution in [2.75, 3.05) is 26.2 Å². The Balaban J connectivity index is 1.61. The van der Waals surface area contributed by atoms with Crippen molar-refractivity contribution in [1.29, 1.82) is 0 Å². The van der Waals surface area contributed by atoms with Gasteiger partial charge in [0.15, 0.2) is 5.76 Å². The van der Waals surface area contributed by atoms with E-state index in [1.165, 1.54) is 4.90 Å². The Morgan fingerprint density at radius 3 is 2.31 bits per heavy atom. The number of halogens is 3. The Hall–Kier alpha value is -2.08. The number of primary amides is 1. The van der Waals surface area contributed by atoms with Crippen molar-refractivity contribution < 1.29 is 35.6 Å². The number of piperazine rings is 1. The first kappa shape index (κ1) is 21.6. The quantitative estimate of drug-likeness (QED) is 0.768. The van der Waals surface area contributed by atoms with E-state index in [-0.39, 0.29) is 50.7 Å². The van der Waals surface area contributed by atoms with Crippen molar-refractivity contribution in [2.24, 2.45) is 17.6 Å². The van der Waals surface area contributed by atoms with Crippen LogP contribution in [-0.4, -0.2) is 61.8 Å². The molecule has 1 aliphatic heterocycles. The fraction of sp³-hybridized carbons (Fsp3) is 0.647. The number of sulfonamides is 1. The van der Waals surface area contributed by atoms with Gasteiger partial charge in [0.25, 0.3) is 15.9 Å². The summed E-state index contributed by atoms with van der Waals surface area (Å²) >= 11 is 0. The van der Waals surface area contributed by atoms with E-state index in [1.807, 2.05) is 0 Å². The lowest BCUT2D eigenvalue weighted by atomic mass is 9.80. The van der Waals surface area contributed by atoms with E-state index >= 15 is 0 Å². The van der Waals surface area contributed by atoms with E-state index in [1.54, 1.807) is 0 Å². The average molecular weight is 437 g/mol. The molecule has 1 aromatic rings. The Labute approximate surface area is 165 Å². The monoisotopic (exact) mass is 437 g/mol. The van der Waals surface area contributed by atoms with Gasteiger partial charge >= 0.3 is 6.18 Å². The number of nitrogens with two attached hydrogens (primary N) is 1. The highest BCUT2D eigenvalue weighted by molar-refractivity contribution is 7.89. The van der Waals surface area contributed by atoms with Crippen LogP contribution in [0, 0.1) is 11.8 Å². The SMILES string of the molecule is NC(=O)c1ccc(S(=O)(=O)N2CCN(C(=O)C3CCCC(C(F)(F)F)C3)CC2)o1. The number of hydrogen-bond donors (Lipinski definition) is 1. The molecule has 2 N–H and O–H groups in total. The van der Waals surface area contributed by atoms with Crippen molar-refractivity contribution in [1.82, 2.24) is 9.21 Å². The van der Waals surface area contributed by atoms with Crippen LogP contribution in [0.25, 0.3) is 0 Å². The van der Waals surface area contributed by atoms with E-state index in [2.05, 4.69) is 0 Å². The summed E-state index contributed by atoms with van der Waals surface area (Å²) in [5.74, 6) is -3.70. The molecular weight excluding hydrogens is 415 g/mol. The number of amides is 2. The van der Waals surface area contributed by atoms with Gasteiger partial charge in [-0.25, -0.2) is 8.42 Å². The minimum absolute atomic E-state index is 0.0178. The summed E-state index contributed by atoms with van der Waals surface area (Å²) in [5.41, 5.74) is 5.05. The molecule has 0 radical (unpaired) electrons. The van der Waals surface area contributed by atoms with Crippen LogP contribution in [-0.2, 0) is 14.8 Å². The van der Waals surface area contributed by atoms with Gasteiger partial charge in [-0.05, 0) is 31.4 Å². The van der Waals surface area contributed by atoms with E-state index in [0.29, 0.717) is 12.8 Å². The van der Waals surface area contributed by atoms with Crippen molar-refractivity contribution in [2.45, 2.75) is 37.0 Å². The van der Waals surface area contributed by atoms with Crippen LogP contribution in [0.2, 0.25) is 0 Å². The molecule has 1 saturated heterocycles. The standard InChI is InChI=1S/C17H22F3N3O5S/c18-17(19,20)12-3-1-2-11(10-12)16(25)22-6-8-23(9-7-22)29(26,27)14-5-4-13(28-14)15(21)24/h4-5,11-12H,1-3,6-10H2,(H2,21,24). The highest BCUT2D eigenvalue weighted by Gasteiger charge is 2.44. The predicted octanol–water partition coefficient (Wildman–Crippen LogP) is 1.58. The van der Waals surface area contributed by atoms with Gasteiger partial charge in [-0.2, -0.15) is 17.5 Å². The van der Waals surface area contributed by atoms with Gasteiger partial charge in [-0.15, -0.1) is 0 Å². The summed E-state index contributed by atoms with van der Waals surface area (Å²) < 4.78 is 70.2. The zero-order valence-corrected chi connectivity index (χ0v) is 16.3. The summed E-state index contributed by atoms with van der Waals surface area (Å²) in [4.78, 5) is 25.2. The maximum absolute atomic E-state index is 13.0. The zero-order valence-electron chi connectivity index (χ0n) is 15.5. The number of carbonyl (C=O) groups is 2. The van der Waals surface area contributed by atoms with Gasteiger partial charge in [0.2, 0.25) is 11.0 Å². The molecule has 162 valence electrons. The molecule has 0 aromatic carbocycles. The first-order valence-electron chi connectivity index (χ1n) is 9.25. The smallest absolute Gasteiger partial charge is 0.391 e. The summed E-state index contributed by atoms with van der Waals surface area (Å²) in [5, 5.41) is -0.425. The molecular formula is C17H22F3N3O5S. The number of furan rings is 1. The van der Waals surface area contributed by atoms with Gasteiger partial charge in [-0.3, -0.25) is 9.59 Å². The average Bonchev–Trinajstić information content (AvgIpc) is 3.18. The van der Waals surface area contributed by atoms with E-state index < -0.39 is 39.0 Å². The van der Waals surface area contributed by atoms with Crippen LogP contribution in [0.5, 0.6) is 0 Å². The zero-order chi connectivity index (χ0) is 21.4. The lowest BCUT2D eigenvalue weighted by molar-refractivity contribution is -0.187. The Morgan fingerprint density at radius 2 is 1.76 bits per heavy atom. The van der Waals surface area contributed by atoms with Gasteiger partial charge in [-0.1, -0.05) is 6.42 Å². The van der Waals surface area contributed by atoms with Gasteiger partial charge in [0.1, 0.15) is 0 Å². The number of nitrogens with zero attached hydrogens (tertiary/aromatic N) is 2. The normalized spacial score (nSPS) is 24.4. The Kier molecular flexibility index (Phi) is 5.95. The predicted molar refractivity (Wildman–Crippen MR) is 94.1 cm³/mol. The summed E-state index contributed by atoms with van der Waals surface area (Å²) in [6.45, 7) is 0.120. The minimum atomic E-state index is -4.31. The summed E-state index contributed by atoms with van der Waals surface area (Å²) in [6, 6.07) is 2.29. The van der Waals surface area contributed by atoms with Crippen LogP contribution in [0.3, 0.4) is 0 Å². The lowest BCUT2D eigenvalue weighted by Crippen LogP contribution is -2.52. The molecule has 29 heavy (non-hydrogen) atoms. The minimum Gasteiger partial charge on any atom is -0.438 e. The van der Waals surface area contributed by atoms with E-state index in [9.17, 15) is 31.2 Å². The molecule has 2 fully saturated rings. The molecule has 0 bridgehead atoms. The van der Waals surface area contributed by atoms with Crippen molar-refractivity contribution in [3.05, 3.63) is 17.9 Å². The number of alkyl halides is 3. The highest BCUT2D eigenvalue weighted by atomic mass is 32.2. The molecule has 2 amide bonds. The molecule has 2 unspecified atom stereocenters. The van der Waals surface area contributed by atoms with Crippen molar-refractivity contribution >= 4 is 21.8 Å². The second kappa shape index (κ2) is 7.98. The molecule has 1 aliphatic carbocycles. The van der Waals surface area contributed by atoms with Gasteiger partial charge in [0.05, 0.1) is 5.92 Å². The van der Waals surface area contributed by atoms with Crippen LogP contribution >= 0.6 is 0 Å². The van der Waals surface area contributed by atoms with Crippen LogP contribution in [0.1, 0.15) is 36.2 Å². The fourth-order valence-electron chi connectivity index (χ4n) is 3.84. The molecule has 2 aliphatic rings. The maximum atomic E-state index is 13.0. The number of hydrogen-bond acceptors (Lipinski definition) is 5. The second-order valence-electron chi connectivity index (χ2n) is 7.31. The van der Waals surface area contributed by atoms with Crippen LogP contribution < -0.4 is 5.73 Å². The van der Waals surface area contributed by atoms with Crippen LogP contribution in [0.15, 0.2) is 21.6 Å². The molecule has 1 saturated carbocycles. The summed E-state index contributed by atoms with van der Waals surface area (Å²) in [7, 11) is -4.00. The molecule has 2 atom stereocenters. The third-order valence-electron chi connectivity index (χ3n) is 5.46. The van der Waals surface area contributed by atoms with E-state index in [4.69, 9.17) is 10.2 Å². The molecule has 1 aromatic heterocycles. The van der Waals surface area contributed by atoms with Crippen molar-refractivity contribution in [3.63, 3.8) is 0 Å². The Morgan fingerprint density at radius 1 is 1.10 bits per heavy atom. The van der Waals surface area contributed by atoms with Gasteiger partial charge < -0.3 is 15.1 Å². The lowest BCUT2D eigenvalue weighted by Gasteiger charge is -2.37. The Bertz CT molecular complexity index is 875. The molecule has 2 heterocycles. The fourth-order valence-corrected chi connectivity index (χ4v) is 5.17. The number of carbonyl (C=O) groups excluding carboxylic acids is 2. The largest absolute Gasteiger partial charge is 0.438 e. The van der Waals surface area contributed by atoms with Crippen LogP contribution in [0.4, 0.5) is 13.2 Å². The highest BCUT2D eigenvalue weighted by Crippen LogP contribution is 2.40. The maximum Gasteiger partial charge on any atom is 0.391 e. The van der Waals surface area contributed by atoms with Gasteiger partial charge in [0, 0.05) is 32.1 Å². The molecule has 3 rings (SSSR count). The summed E-state index contributed by atoms with van der Waals surface area (Å²) in [6.07, 6.45) is -3.74. The second-order valence-corrected chi connectivity index (χ2v) is 9.18. The third kappa shape index (κ3) is 4.58.